The lowest BCUT2D eigenvalue weighted by Gasteiger charge is -2.28. The van der Waals surface area contributed by atoms with Gasteiger partial charge >= 0.3 is 5.97 Å². The zero-order valence-electron chi connectivity index (χ0n) is 18.7. The fraction of sp³-hybridized carbons (Fsp3) is 0.417. The normalized spacial score (nSPS) is 17.4. The Balaban J connectivity index is 1.83. The molecule has 31 heavy (non-hydrogen) atoms. The molecule has 7 heteroatoms. The summed E-state index contributed by atoms with van der Waals surface area (Å²) in [4.78, 5) is 27.5. The Labute approximate surface area is 184 Å². The van der Waals surface area contributed by atoms with Gasteiger partial charge in [0.05, 0.1) is 23.1 Å². The molecule has 2 aromatic rings. The number of carbonyl (C=O) groups excluding carboxylic acids is 2. The number of rotatable bonds is 5. The van der Waals surface area contributed by atoms with Crippen LogP contribution in [0.3, 0.4) is 0 Å². The van der Waals surface area contributed by atoms with Crippen molar-refractivity contribution in [2.75, 3.05) is 23.0 Å². The molecule has 1 heterocycles. The third kappa shape index (κ3) is 4.66. The summed E-state index contributed by atoms with van der Waals surface area (Å²) >= 11 is 0. The van der Waals surface area contributed by atoms with Crippen LogP contribution in [0.1, 0.15) is 44.6 Å². The van der Waals surface area contributed by atoms with E-state index in [9.17, 15) is 18.0 Å². The molecule has 0 N–H and O–H groups in total. The fourth-order valence-corrected chi connectivity index (χ4v) is 5.90. The first-order valence-electron chi connectivity index (χ1n) is 10.3. The maximum Gasteiger partial charge on any atom is 0.339 e. The van der Waals surface area contributed by atoms with E-state index in [1.165, 1.54) is 4.90 Å². The summed E-state index contributed by atoms with van der Waals surface area (Å²) in [7, 11) is -3.18. The van der Waals surface area contributed by atoms with Gasteiger partial charge in [0, 0.05) is 5.69 Å². The van der Waals surface area contributed by atoms with Crippen molar-refractivity contribution in [3.63, 3.8) is 0 Å². The minimum Gasteiger partial charge on any atom is -0.452 e. The number of amides is 1. The maximum absolute atomic E-state index is 13.1. The maximum atomic E-state index is 13.1. The smallest absolute Gasteiger partial charge is 0.339 e. The Hall–Kier alpha value is -2.67. The summed E-state index contributed by atoms with van der Waals surface area (Å²) in [6, 6.07) is 8.44. The van der Waals surface area contributed by atoms with Crippen molar-refractivity contribution in [3.05, 3.63) is 63.7 Å². The van der Waals surface area contributed by atoms with Crippen molar-refractivity contribution >= 4 is 27.4 Å². The quantitative estimate of drug-likeness (QED) is 0.660. The van der Waals surface area contributed by atoms with Crippen LogP contribution in [0.4, 0.5) is 5.69 Å². The number of para-hydroxylation sites is 1. The second-order valence-electron chi connectivity index (χ2n) is 8.23. The van der Waals surface area contributed by atoms with E-state index in [4.69, 9.17) is 4.74 Å². The van der Waals surface area contributed by atoms with E-state index in [0.717, 1.165) is 27.8 Å². The van der Waals surface area contributed by atoms with E-state index in [1.54, 1.807) is 24.3 Å². The first-order valence-corrected chi connectivity index (χ1v) is 12.2. The molecule has 166 valence electrons. The molecule has 1 amide bonds. The number of ether oxygens (including phenoxy) is 1. The molecule has 0 radical (unpaired) electrons. The first kappa shape index (κ1) is 23.0. The Kier molecular flexibility index (Phi) is 6.55. The number of sulfone groups is 1. The molecule has 1 fully saturated rings. The third-order valence-electron chi connectivity index (χ3n) is 6.41. The van der Waals surface area contributed by atoms with Crippen LogP contribution in [0.5, 0.6) is 0 Å². The summed E-state index contributed by atoms with van der Waals surface area (Å²) in [6.07, 6.45) is 0.367. The number of anilines is 1. The third-order valence-corrected chi connectivity index (χ3v) is 8.16. The Morgan fingerprint density at radius 2 is 1.48 bits per heavy atom. The summed E-state index contributed by atoms with van der Waals surface area (Å²) in [5, 5.41) is 0. The molecule has 2 aromatic carbocycles. The topological polar surface area (TPSA) is 80.8 Å². The van der Waals surface area contributed by atoms with Crippen molar-refractivity contribution in [2.45, 2.75) is 47.1 Å². The van der Waals surface area contributed by atoms with Crippen molar-refractivity contribution < 1.29 is 22.7 Å². The molecule has 0 aliphatic carbocycles. The van der Waals surface area contributed by atoms with E-state index in [0.29, 0.717) is 17.7 Å². The molecule has 0 saturated carbocycles. The van der Waals surface area contributed by atoms with Crippen LogP contribution in [0.2, 0.25) is 0 Å². The van der Waals surface area contributed by atoms with Gasteiger partial charge in [0.2, 0.25) is 0 Å². The van der Waals surface area contributed by atoms with Gasteiger partial charge in [0.1, 0.15) is 0 Å². The highest BCUT2D eigenvalue weighted by Crippen LogP contribution is 2.27. The predicted octanol–water partition coefficient (Wildman–Crippen LogP) is 3.61. The molecule has 6 nitrogen and oxygen atoms in total. The van der Waals surface area contributed by atoms with Crippen LogP contribution in [0, 0.1) is 34.6 Å². The Morgan fingerprint density at radius 1 is 0.935 bits per heavy atom. The van der Waals surface area contributed by atoms with Gasteiger partial charge in [-0.3, -0.25) is 4.79 Å². The van der Waals surface area contributed by atoms with Crippen molar-refractivity contribution in [1.29, 1.82) is 0 Å². The van der Waals surface area contributed by atoms with Crippen LogP contribution in [-0.2, 0) is 19.4 Å². The van der Waals surface area contributed by atoms with Gasteiger partial charge in [-0.2, -0.15) is 0 Å². The highest BCUT2D eigenvalue weighted by molar-refractivity contribution is 7.91. The molecule has 0 bridgehead atoms. The van der Waals surface area contributed by atoms with E-state index < -0.39 is 34.4 Å². The van der Waals surface area contributed by atoms with Gasteiger partial charge in [-0.15, -0.1) is 0 Å². The number of nitrogens with zero attached hydrogens (tertiary/aromatic N) is 1. The second kappa shape index (κ2) is 8.83. The van der Waals surface area contributed by atoms with Crippen LogP contribution in [0.25, 0.3) is 0 Å². The van der Waals surface area contributed by atoms with Crippen LogP contribution < -0.4 is 4.90 Å². The number of hydrogen-bond donors (Lipinski definition) is 0. The largest absolute Gasteiger partial charge is 0.452 e. The highest BCUT2D eigenvalue weighted by atomic mass is 32.2. The molecule has 0 spiro atoms. The Morgan fingerprint density at radius 3 is 2.00 bits per heavy atom. The monoisotopic (exact) mass is 443 g/mol. The Bertz CT molecular complexity index is 1090. The standard InChI is InChI=1S/C24H29NO5S/c1-15-16(2)18(4)23(19(5)17(15)3)24(27)30-13-22(26)25(20-9-7-6-8-10-20)21-11-12-31(28,29)14-21/h6-10,21H,11-14H2,1-5H3/t21-/m1/s1. The van der Waals surface area contributed by atoms with E-state index in [-0.39, 0.29) is 11.5 Å². The molecule has 1 saturated heterocycles. The van der Waals surface area contributed by atoms with Gasteiger partial charge in [-0.25, -0.2) is 13.2 Å². The zero-order valence-corrected chi connectivity index (χ0v) is 19.5. The zero-order chi connectivity index (χ0) is 22.9. The number of benzene rings is 2. The molecular formula is C24H29NO5S. The van der Waals surface area contributed by atoms with Crippen molar-refractivity contribution in [1.82, 2.24) is 0 Å². The lowest BCUT2D eigenvalue weighted by molar-refractivity contribution is -0.122. The van der Waals surface area contributed by atoms with Crippen molar-refractivity contribution in [2.24, 2.45) is 0 Å². The highest BCUT2D eigenvalue weighted by Gasteiger charge is 2.36. The van der Waals surface area contributed by atoms with Crippen molar-refractivity contribution in [3.8, 4) is 0 Å². The summed E-state index contributed by atoms with van der Waals surface area (Å²) < 4.78 is 29.4. The molecule has 0 aromatic heterocycles. The molecule has 0 unspecified atom stereocenters. The van der Waals surface area contributed by atoms with E-state index in [1.807, 2.05) is 40.7 Å². The average Bonchev–Trinajstić information content (AvgIpc) is 3.09. The lowest BCUT2D eigenvalue weighted by atomic mass is 9.90. The number of hydrogen-bond acceptors (Lipinski definition) is 5. The lowest BCUT2D eigenvalue weighted by Crippen LogP contribution is -2.43. The fourth-order valence-electron chi connectivity index (χ4n) is 4.20. The van der Waals surface area contributed by atoms with Gasteiger partial charge in [0.15, 0.2) is 16.4 Å². The van der Waals surface area contributed by atoms with Gasteiger partial charge < -0.3 is 9.64 Å². The SMILES string of the molecule is Cc1c(C)c(C)c(C(=O)OCC(=O)N(c2ccccc2)[C@@H]2CCS(=O)(=O)C2)c(C)c1C. The van der Waals surface area contributed by atoms with Crippen LogP contribution >= 0.6 is 0 Å². The average molecular weight is 444 g/mol. The summed E-state index contributed by atoms with van der Waals surface area (Å²) in [5.74, 6) is -1.01. The van der Waals surface area contributed by atoms with E-state index in [2.05, 4.69) is 0 Å². The van der Waals surface area contributed by atoms with Crippen LogP contribution in [-0.4, -0.2) is 44.4 Å². The van der Waals surface area contributed by atoms with Crippen LogP contribution in [0.15, 0.2) is 30.3 Å². The molecule has 1 atom stereocenters. The molecule has 3 rings (SSSR count). The molecule has 1 aliphatic heterocycles. The van der Waals surface area contributed by atoms with Gasteiger partial charge in [0.25, 0.3) is 5.91 Å². The minimum atomic E-state index is -3.18. The number of carbonyl (C=O) groups is 2. The summed E-state index contributed by atoms with van der Waals surface area (Å²) in [6.45, 7) is 9.28. The van der Waals surface area contributed by atoms with Gasteiger partial charge in [-0.1, -0.05) is 18.2 Å². The second-order valence-corrected chi connectivity index (χ2v) is 10.5. The predicted molar refractivity (Wildman–Crippen MR) is 121 cm³/mol. The number of esters is 1. The van der Waals surface area contributed by atoms with Gasteiger partial charge in [-0.05, 0) is 81.0 Å². The molecular weight excluding hydrogens is 414 g/mol. The molecule has 1 aliphatic rings. The minimum absolute atomic E-state index is 0.0500. The first-order chi connectivity index (χ1) is 14.5. The van der Waals surface area contributed by atoms with E-state index >= 15 is 0 Å². The summed E-state index contributed by atoms with van der Waals surface area (Å²) in [5.41, 5.74) is 5.98.